The third-order valence-electron chi connectivity index (χ3n) is 3.80. The fourth-order valence-electron chi connectivity index (χ4n) is 2.59. The van der Waals surface area contributed by atoms with Crippen molar-refractivity contribution in [3.8, 4) is 11.3 Å². The van der Waals surface area contributed by atoms with E-state index in [0.717, 1.165) is 16.9 Å². The molecule has 0 saturated carbocycles. The van der Waals surface area contributed by atoms with E-state index in [2.05, 4.69) is 0 Å². The summed E-state index contributed by atoms with van der Waals surface area (Å²) in [6.45, 7) is 3.55. The Balaban J connectivity index is 1.68. The number of nitrogens with zero attached hydrogens (tertiary/aromatic N) is 1. The summed E-state index contributed by atoms with van der Waals surface area (Å²) in [6.07, 6.45) is 0. The standard InChI is InChI=1S/C16H16FNO3/c1-10-6-12(17)2-4-14(10)15-5-3-13(21-15)9-18-7-11(8-18)16(19)20/h2-6,11H,7-9H2,1H3,(H,19,20). The van der Waals surface area contributed by atoms with Gasteiger partial charge in [0, 0.05) is 18.7 Å². The van der Waals surface area contributed by atoms with Crippen LogP contribution >= 0.6 is 0 Å². The van der Waals surface area contributed by atoms with Crippen molar-refractivity contribution in [2.24, 2.45) is 5.92 Å². The number of hydrogen-bond acceptors (Lipinski definition) is 3. The van der Waals surface area contributed by atoms with Crippen LogP contribution in [0.4, 0.5) is 4.39 Å². The Labute approximate surface area is 121 Å². The number of aryl methyl sites for hydroxylation is 1. The number of rotatable bonds is 4. The van der Waals surface area contributed by atoms with Gasteiger partial charge in [0.2, 0.25) is 0 Å². The van der Waals surface area contributed by atoms with Gasteiger partial charge >= 0.3 is 5.97 Å². The van der Waals surface area contributed by atoms with Crippen LogP contribution < -0.4 is 0 Å². The van der Waals surface area contributed by atoms with E-state index in [1.165, 1.54) is 12.1 Å². The molecule has 5 heteroatoms. The monoisotopic (exact) mass is 289 g/mol. The molecule has 2 aromatic rings. The number of carboxylic acids is 1. The molecule has 1 aliphatic rings. The number of likely N-dealkylation sites (tertiary alicyclic amines) is 1. The number of furan rings is 1. The molecule has 1 saturated heterocycles. The topological polar surface area (TPSA) is 53.7 Å². The summed E-state index contributed by atoms with van der Waals surface area (Å²) in [5.41, 5.74) is 1.69. The SMILES string of the molecule is Cc1cc(F)ccc1-c1ccc(CN2CC(C(=O)O)C2)o1. The van der Waals surface area contributed by atoms with Crippen molar-refractivity contribution in [1.29, 1.82) is 0 Å². The molecule has 0 atom stereocenters. The Morgan fingerprint density at radius 3 is 2.81 bits per heavy atom. The van der Waals surface area contributed by atoms with Crippen LogP contribution in [0.2, 0.25) is 0 Å². The molecule has 0 aliphatic carbocycles. The van der Waals surface area contributed by atoms with E-state index < -0.39 is 5.97 Å². The number of carbonyl (C=O) groups is 1. The van der Waals surface area contributed by atoms with E-state index in [0.29, 0.717) is 25.4 Å². The molecule has 1 N–H and O–H groups in total. The van der Waals surface area contributed by atoms with Crippen molar-refractivity contribution >= 4 is 5.97 Å². The van der Waals surface area contributed by atoms with Crippen LogP contribution in [-0.4, -0.2) is 29.1 Å². The number of aliphatic carboxylic acids is 1. The Hall–Kier alpha value is -2.14. The van der Waals surface area contributed by atoms with Crippen molar-refractivity contribution in [3.63, 3.8) is 0 Å². The maximum Gasteiger partial charge on any atom is 0.309 e. The highest BCUT2D eigenvalue weighted by Gasteiger charge is 2.32. The van der Waals surface area contributed by atoms with Crippen molar-refractivity contribution in [1.82, 2.24) is 4.90 Å². The molecule has 2 heterocycles. The second-order valence-corrected chi connectivity index (χ2v) is 5.45. The third kappa shape index (κ3) is 2.83. The maximum atomic E-state index is 13.1. The van der Waals surface area contributed by atoms with Crippen LogP contribution in [0.1, 0.15) is 11.3 Å². The molecule has 110 valence electrons. The van der Waals surface area contributed by atoms with Gasteiger partial charge < -0.3 is 9.52 Å². The Bertz CT molecular complexity index is 674. The highest BCUT2D eigenvalue weighted by atomic mass is 19.1. The summed E-state index contributed by atoms with van der Waals surface area (Å²) in [6, 6.07) is 8.34. The van der Waals surface area contributed by atoms with Gasteiger partial charge in [-0.25, -0.2) is 4.39 Å². The summed E-state index contributed by atoms with van der Waals surface area (Å²) in [7, 11) is 0. The summed E-state index contributed by atoms with van der Waals surface area (Å²) < 4.78 is 18.9. The lowest BCUT2D eigenvalue weighted by atomic mass is 10.0. The van der Waals surface area contributed by atoms with Gasteiger partial charge in [-0.1, -0.05) is 0 Å². The predicted molar refractivity (Wildman–Crippen MR) is 75.2 cm³/mol. The van der Waals surface area contributed by atoms with Crippen LogP contribution in [0.3, 0.4) is 0 Å². The van der Waals surface area contributed by atoms with Crippen molar-refractivity contribution < 1.29 is 18.7 Å². The van der Waals surface area contributed by atoms with Crippen molar-refractivity contribution in [3.05, 3.63) is 47.5 Å². The minimum absolute atomic E-state index is 0.261. The van der Waals surface area contributed by atoms with Gasteiger partial charge in [0.15, 0.2) is 0 Å². The average molecular weight is 289 g/mol. The largest absolute Gasteiger partial charge is 0.481 e. The summed E-state index contributed by atoms with van der Waals surface area (Å²) in [4.78, 5) is 12.8. The highest BCUT2D eigenvalue weighted by molar-refractivity contribution is 5.71. The quantitative estimate of drug-likeness (QED) is 0.940. The average Bonchev–Trinajstić information content (AvgIpc) is 2.81. The second-order valence-electron chi connectivity index (χ2n) is 5.45. The molecule has 1 fully saturated rings. The first kappa shape index (κ1) is 13.8. The summed E-state index contributed by atoms with van der Waals surface area (Å²) in [5, 5.41) is 8.84. The summed E-state index contributed by atoms with van der Waals surface area (Å²) >= 11 is 0. The molecule has 1 aromatic carbocycles. The molecule has 0 spiro atoms. The van der Waals surface area contributed by atoms with Crippen LogP contribution in [0, 0.1) is 18.7 Å². The summed E-state index contributed by atoms with van der Waals surface area (Å²) in [5.74, 6) is 0.228. The fourth-order valence-corrected chi connectivity index (χ4v) is 2.59. The maximum absolute atomic E-state index is 13.1. The number of carboxylic acid groups (broad SMARTS) is 1. The molecule has 0 radical (unpaired) electrons. The molecular weight excluding hydrogens is 273 g/mol. The van der Waals surface area contributed by atoms with Crippen LogP contribution in [0.15, 0.2) is 34.7 Å². The second kappa shape index (κ2) is 5.33. The first-order valence-electron chi connectivity index (χ1n) is 6.83. The van der Waals surface area contributed by atoms with Gasteiger partial charge in [0.05, 0.1) is 12.5 Å². The van der Waals surface area contributed by atoms with Crippen molar-refractivity contribution in [2.45, 2.75) is 13.5 Å². The predicted octanol–water partition coefficient (Wildman–Crippen LogP) is 2.91. The zero-order chi connectivity index (χ0) is 15.0. The van der Waals surface area contributed by atoms with Crippen LogP contribution in [-0.2, 0) is 11.3 Å². The van der Waals surface area contributed by atoms with Crippen LogP contribution in [0.25, 0.3) is 11.3 Å². The first-order valence-corrected chi connectivity index (χ1v) is 6.83. The molecule has 4 nitrogen and oxygen atoms in total. The van der Waals surface area contributed by atoms with Gasteiger partial charge in [-0.15, -0.1) is 0 Å². The normalized spacial score (nSPS) is 15.9. The smallest absolute Gasteiger partial charge is 0.309 e. The zero-order valence-electron chi connectivity index (χ0n) is 11.7. The lowest BCUT2D eigenvalue weighted by Gasteiger charge is -2.35. The fraction of sp³-hybridized carbons (Fsp3) is 0.312. The molecule has 1 aliphatic heterocycles. The lowest BCUT2D eigenvalue weighted by Crippen LogP contribution is -2.49. The van der Waals surface area contributed by atoms with E-state index in [1.54, 1.807) is 6.07 Å². The molecule has 0 unspecified atom stereocenters. The number of benzene rings is 1. The highest BCUT2D eigenvalue weighted by Crippen LogP contribution is 2.27. The molecule has 21 heavy (non-hydrogen) atoms. The minimum atomic E-state index is -0.742. The Morgan fingerprint density at radius 1 is 1.38 bits per heavy atom. The Kier molecular flexibility index (Phi) is 3.51. The van der Waals surface area contributed by atoms with E-state index >= 15 is 0 Å². The molecule has 3 rings (SSSR count). The first-order chi connectivity index (χ1) is 10.0. The molecule has 0 bridgehead atoms. The van der Waals surface area contributed by atoms with Crippen molar-refractivity contribution in [2.75, 3.05) is 13.1 Å². The van der Waals surface area contributed by atoms with E-state index in [1.807, 2.05) is 24.0 Å². The third-order valence-corrected chi connectivity index (χ3v) is 3.80. The molecule has 0 amide bonds. The molecule has 1 aromatic heterocycles. The minimum Gasteiger partial charge on any atom is -0.481 e. The van der Waals surface area contributed by atoms with Gasteiger partial charge in [-0.3, -0.25) is 9.69 Å². The Morgan fingerprint density at radius 2 is 2.14 bits per heavy atom. The van der Waals surface area contributed by atoms with Gasteiger partial charge in [-0.05, 0) is 42.8 Å². The number of halogens is 1. The van der Waals surface area contributed by atoms with Gasteiger partial charge in [0.1, 0.15) is 17.3 Å². The van der Waals surface area contributed by atoms with Gasteiger partial charge in [0.25, 0.3) is 0 Å². The van der Waals surface area contributed by atoms with E-state index in [9.17, 15) is 9.18 Å². The zero-order valence-corrected chi connectivity index (χ0v) is 11.7. The van der Waals surface area contributed by atoms with Gasteiger partial charge in [-0.2, -0.15) is 0 Å². The van der Waals surface area contributed by atoms with Crippen LogP contribution in [0.5, 0.6) is 0 Å². The van der Waals surface area contributed by atoms with E-state index in [4.69, 9.17) is 9.52 Å². The van der Waals surface area contributed by atoms with E-state index in [-0.39, 0.29) is 11.7 Å². The number of hydrogen-bond donors (Lipinski definition) is 1. The lowest BCUT2D eigenvalue weighted by molar-refractivity contribution is -0.147. The molecular formula is C16H16FNO3.